The van der Waals surface area contributed by atoms with Crippen LogP contribution in [-0.2, 0) is 62.7 Å². The van der Waals surface area contributed by atoms with Gasteiger partial charge in [0.2, 0.25) is 19.2 Å². The standard InChI is InChI=1S/C32H41FN3O18P/c1-18(2)50-28(41)46-16-48-55(44,49-17-47-29(42)51-19(3)4)54-24-31(15-33)32(24,30(6,43)25(53-31)36-13-12-22(37)35-26(36)39)52-23(38)20(5)34-27(40)45-14-21-10-8-7-9-11-21/h7-13,18-20,24-25,43H,14-17H2,1-6H3,(H,34,40)(H,35,37,39)/t20-,24?,25+,30-,31+,32-/m0/s1. The Bertz CT molecular complexity index is 1840. The van der Waals surface area contributed by atoms with Gasteiger partial charge in [0.05, 0.1) is 12.2 Å². The molecule has 23 heteroatoms. The van der Waals surface area contributed by atoms with Gasteiger partial charge in [-0.25, -0.2) is 42.0 Å². The quantitative estimate of drug-likeness (QED) is 0.0898. The molecule has 1 saturated heterocycles. The van der Waals surface area contributed by atoms with Crippen LogP contribution in [0.2, 0.25) is 0 Å². The minimum absolute atomic E-state index is 0.176. The van der Waals surface area contributed by atoms with Crippen molar-refractivity contribution in [3.63, 3.8) is 0 Å². The highest BCUT2D eigenvalue weighted by Gasteiger charge is 2.96. The molecule has 2 fully saturated rings. The molecule has 1 saturated carbocycles. The average molecular weight is 806 g/mol. The predicted molar refractivity (Wildman–Crippen MR) is 179 cm³/mol. The van der Waals surface area contributed by atoms with Crippen LogP contribution in [0.15, 0.2) is 52.2 Å². The number of ether oxygens (including phenoxy) is 7. The Labute approximate surface area is 311 Å². The normalized spacial score (nSPS) is 24.7. The van der Waals surface area contributed by atoms with E-state index in [9.17, 15) is 38.4 Å². The monoisotopic (exact) mass is 805 g/mol. The number of aromatic amines is 1. The maximum atomic E-state index is 15.4. The second-order valence-electron chi connectivity index (χ2n) is 12.8. The van der Waals surface area contributed by atoms with Gasteiger partial charge in [-0.2, -0.15) is 0 Å². The van der Waals surface area contributed by atoms with Crippen LogP contribution in [0.25, 0.3) is 0 Å². The fourth-order valence-electron chi connectivity index (χ4n) is 5.53. The highest BCUT2D eigenvalue weighted by atomic mass is 31.2. The van der Waals surface area contributed by atoms with Crippen molar-refractivity contribution in [1.29, 1.82) is 0 Å². The highest BCUT2D eigenvalue weighted by molar-refractivity contribution is 7.48. The van der Waals surface area contributed by atoms with Gasteiger partial charge in [-0.3, -0.25) is 18.9 Å². The number of carbonyl (C=O) groups excluding carboxylic acids is 4. The van der Waals surface area contributed by atoms with Crippen molar-refractivity contribution in [2.45, 2.75) is 95.5 Å². The number of aliphatic hydroxyl groups is 1. The number of amides is 1. The Morgan fingerprint density at radius 2 is 1.55 bits per heavy atom. The fraction of sp³-hybridized carbons (Fsp3) is 0.562. The Kier molecular flexibility index (Phi) is 13.5. The van der Waals surface area contributed by atoms with Crippen LogP contribution >= 0.6 is 7.82 Å². The molecule has 2 heterocycles. The molecule has 0 bridgehead atoms. The molecule has 1 unspecified atom stereocenters. The maximum Gasteiger partial charge on any atom is 0.510 e. The molecule has 3 N–H and O–H groups in total. The number of halogens is 1. The number of fused-ring (bicyclic) bond motifs is 1. The first kappa shape index (κ1) is 42.9. The van der Waals surface area contributed by atoms with E-state index in [1.54, 1.807) is 30.3 Å². The molecule has 1 amide bonds. The molecule has 1 aromatic heterocycles. The summed E-state index contributed by atoms with van der Waals surface area (Å²) in [5.74, 6) is -1.34. The molecule has 55 heavy (non-hydrogen) atoms. The van der Waals surface area contributed by atoms with Gasteiger partial charge in [-0.1, -0.05) is 30.3 Å². The van der Waals surface area contributed by atoms with Gasteiger partial charge in [-0.05, 0) is 47.1 Å². The predicted octanol–water partition coefficient (Wildman–Crippen LogP) is 2.70. The third-order valence-electron chi connectivity index (χ3n) is 8.03. The van der Waals surface area contributed by atoms with Gasteiger partial charge in [0.25, 0.3) is 5.56 Å². The summed E-state index contributed by atoms with van der Waals surface area (Å²) in [6.07, 6.45) is -8.04. The molecular weight excluding hydrogens is 764 g/mol. The van der Waals surface area contributed by atoms with Crippen molar-refractivity contribution >= 4 is 32.2 Å². The number of H-pyrrole nitrogens is 1. The number of phosphoric acid groups is 1. The number of nitrogens with zero attached hydrogens (tertiary/aromatic N) is 1. The first-order valence-electron chi connectivity index (χ1n) is 16.5. The zero-order valence-electron chi connectivity index (χ0n) is 30.4. The summed E-state index contributed by atoms with van der Waals surface area (Å²) in [5, 5.41) is 14.3. The molecule has 0 radical (unpaired) electrons. The van der Waals surface area contributed by atoms with Crippen LogP contribution in [-0.4, -0.2) is 100 Å². The number of phosphoric ester groups is 1. The maximum absolute atomic E-state index is 15.4. The Hall–Kier alpha value is -4.86. The molecule has 1 aliphatic carbocycles. The number of aromatic nitrogens is 2. The smallest absolute Gasteiger partial charge is 0.448 e. The second-order valence-corrected chi connectivity index (χ2v) is 14.4. The highest BCUT2D eigenvalue weighted by Crippen LogP contribution is 2.73. The first-order chi connectivity index (χ1) is 25.8. The van der Waals surface area contributed by atoms with Gasteiger partial charge < -0.3 is 43.6 Å². The van der Waals surface area contributed by atoms with E-state index in [2.05, 4.69) is 5.32 Å². The molecular formula is C32H41FN3O18P. The third kappa shape index (κ3) is 9.51. The lowest BCUT2D eigenvalue weighted by Crippen LogP contribution is -2.55. The molecule has 21 nitrogen and oxygen atoms in total. The number of alkyl halides is 1. The third-order valence-corrected chi connectivity index (χ3v) is 9.34. The van der Waals surface area contributed by atoms with E-state index in [4.69, 9.17) is 46.7 Å². The van der Waals surface area contributed by atoms with Crippen molar-refractivity contribution in [3.8, 4) is 0 Å². The number of rotatable bonds is 17. The van der Waals surface area contributed by atoms with E-state index >= 15 is 4.39 Å². The molecule has 1 aromatic carbocycles. The van der Waals surface area contributed by atoms with Crippen molar-refractivity contribution < 1.29 is 80.0 Å². The molecule has 4 rings (SSSR count). The van der Waals surface area contributed by atoms with Gasteiger partial charge in [-0.15, -0.1) is 0 Å². The van der Waals surface area contributed by atoms with Crippen LogP contribution in [0, 0.1) is 0 Å². The largest absolute Gasteiger partial charge is 0.510 e. The fourth-order valence-corrected chi connectivity index (χ4v) is 6.67. The zero-order chi connectivity index (χ0) is 40.8. The van der Waals surface area contributed by atoms with E-state index in [-0.39, 0.29) is 6.61 Å². The van der Waals surface area contributed by atoms with Gasteiger partial charge in [0, 0.05) is 12.3 Å². The lowest BCUT2D eigenvalue weighted by molar-refractivity contribution is -0.190. The lowest BCUT2D eigenvalue weighted by atomic mass is 9.93. The minimum atomic E-state index is -5.26. The molecule has 2 aliphatic rings. The van der Waals surface area contributed by atoms with Gasteiger partial charge >= 0.3 is 37.9 Å². The van der Waals surface area contributed by atoms with E-state index in [0.29, 0.717) is 10.1 Å². The van der Waals surface area contributed by atoms with Gasteiger partial charge in [0.1, 0.15) is 19.3 Å². The molecule has 304 valence electrons. The van der Waals surface area contributed by atoms with Crippen LogP contribution in [0.3, 0.4) is 0 Å². The summed E-state index contributed by atoms with van der Waals surface area (Å²) in [4.78, 5) is 76.5. The number of esters is 1. The average Bonchev–Trinajstić information content (AvgIpc) is 3.56. The zero-order valence-corrected chi connectivity index (χ0v) is 31.3. The number of hydrogen-bond acceptors (Lipinski definition) is 18. The molecule has 2 aromatic rings. The Balaban J connectivity index is 1.65. The molecule has 1 aliphatic heterocycles. The second kappa shape index (κ2) is 17.3. The number of alkyl carbamates (subject to hydrolysis) is 1. The van der Waals surface area contributed by atoms with Crippen molar-refractivity contribution in [2.24, 2.45) is 0 Å². The van der Waals surface area contributed by atoms with Crippen molar-refractivity contribution in [1.82, 2.24) is 14.9 Å². The minimum Gasteiger partial charge on any atom is -0.448 e. The number of benzene rings is 1. The van der Waals surface area contributed by atoms with Crippen molar-refractivity contribution in [3.05, 3.63) is 69.0 Å². The topological polar surface area (TPSA) is 265 Å². The van der Waals surface area contributed by atoms with E-state index in [1.165, 1.54) is 27.7 Å². The summed E-state index contributed by atoms with van der Waals surface area (Å²) in [6, 6.07) is 7.85. The summed E-state index contributed by atoms with van der Waals surface area (Å²) in [7, 11) is -5.26. The Morgan fingerprint density at radius 3 is 2.07 bits per heavy atom. The van der Waals surface area contributed by atoms with E-state index in [1.807, 2.05) is 4.98 Å². The van der Waals surface area contributed by atoms with Crippen LogP contribution in [0.5, 0.6) is 0 Å². The van der Waals surface area contributed by atoms with Crippen molar-refractivity contribution in [2.75, 3.05) is 20.3 Å². The Morgan fingerprint density at radius 1 is 0.964 bits per heavy atom. The van der Waals surface area contributed by atoms with E-state index in [0.717, 1.165) is 26.1 Å². The number of nitrogens with one attached hydrogen (secondary N) is 2. The van der Waals surface area contributed by atoms with Crippen LogP contribution < -0.4 is 16.6 Å². The summed E-state index contributed by atoms with van der Waals surface area (Å²) in [6.45, 7) is 3.87. The molecule has 6 atom stereocenters. The van der Waals surface area contributed by atoms with Crippen LogP contribution in [0.1, 0.15) is 53.3 Å². The number of carbonyl (C=O) groups is 4. The molecule has 0 spiro atoms. The van der Waals surface area contributed by atoms with Crippen LogP contribution in [0.4, 0.5) is 18.8 Å². The number of hydrogen-bond donors (Lipinski definition) is 3. The lowest BCUT2D eigenvalue weighted by Gasteiger charge is -2.35. The summed E-state index contributed by atoms with van der Waals surface area (Å²) < 4.78 is 81.4. The SMILES string of the molecule is CC(C)OC(=O)OCOP(=O)(OCOC(=O)OC(C)C)OC1[C@]2(OC(=O)[C@H](C)NC(=O)OCc3ccccc3)[C@@](C)(O)[C@H](n3ccc(=O)[nH]c3=O)O[C@]12CF. The first-order valence-corrected chi connectivity index (χ1v) is 18.0. The van der Waals surface area contributed by atoms with Gasteiger partial charge in [0.15, 0.2) is 23.5 Å². The van der Waals surface area contributed by atoms with E-state index < -0.39 is 111 Å². The summed E-state index contributed by atoms with van der Waals surface area (Å²) >= 11 is 0. The summed E-state index contributed by atoms with van der Waals surface area (Å²) in [5.41, 5.74) is -9.39.